The molecule has 2 aliphatic rings. The van der Waals surface area contributed by atoms with Crippen molar-refractivity contribution in [2.24, 2.45) is 0 Å². The normalized spacial score (nSPS) is 28.8. The number of esters is 1. The van der Waals surface area contributed by atoms with Gasteiger partial charge < -0.3 is 40.4 Å². The molecule has 6 nitrogen and oxygen atoms in total. The molecule has 0 amide bonds. The highest BCUT2D eigenvalue weighted by molar-refractivity contribution is 5.90. The van der Waals surface area contributed by atoms with Crippen molar-refractivity contribution in [3.63, 3.8) is 0 Å². The maximum absolute atomic E-state index is 12.6. The summed E-state index contributed by atoms with van der Waals surface area (Å²) < 4.78 is 22.9. The van der Waals surface area contributed by atoms with Crippen LogP contribution in [0.5, 0.6) is 11.5 Å². The molecule has 0 N–H and O–H groups in total. The van der Waals surface area contributed by atoms with E-state index < -0.39 is 0 Å². The molecule has 146 valence electrons. The molecule has 1 aromatic rings. The highest BCUT2D eigenvalue weighted by Gasteiger charge is 2.55. The lowest BCUT2D eigenvalue weighted by Crippen LogP contribution is -3.00. The fraction of sp³-hybridized carbons (Fsp3) is 0.632. The van der Waals surface area contributed by atoms with Gasteiger partial charge in [-0.05, 0) is 18.2 Å². The molecule has 7 heteroatoms. The van der Waals surface area contributed by atoms with Crippen LogP contribution < -0.4 is 26.5 Å². The Labute approximate surface area is 165 Å². The molecule has 1 unspecified atom stereocenters. The fourth-order valence-corrected chi connectivity index (χ4v) is 4.39. The topological polar surface area (TPSA) is 54.0 Å². The Morgan fingerprint density at radius 2 is 1.73 bits per heavy atom. The summed E-state index contributed by atoms with van der Waals surface area (Å²) in [5, 5.41) is 0. The second kappa shape index (κ2) is 8.15. The van der Waals surface area contributed by atoms with Crippen LogP contribution >= 0.6 is 0 Å². The minimum Gasteiger partial charge on any atom is -1.00 e. The zero-order valence-corrected chi connectivity index (χ0v) is 17.6. The number of carbonyl (C=O) groups is 1. The highest BCUT2D eigenvalue weighted by Crippen LogP contribution is 2.42. The van der Waals surface area contributed by atoms with E-state index in [2.05, 4.69) is 14.1 Å². The van der Waals surface area contributed by atoms with Crippen LogP contribution in [0, 0.1) is 0 Å². The monoisotopic (exact) mass is 429 g/mol. The number of carbonyl (C=O) groups excluding carboxylic acids is 1. The van der Waals surface area contributed by atoms with Crippen molar-refractivity contribution in [2.75, 3.05) is 35.4 Å². The third-order valence-electron chi connectivity index (χ3n) is 5.96. The highest BCUT2D eigenvalue weighted by atomic mass is 79.9. The van der Waals surface area contributed by atoms with Gasteiger partial charge in [-0.25, -0.2) is 4.79 Å². The van der Waals surface area contributed by atoms with Gasteiger partial charge in [0.05, 0.1) is 39.9 Å². The van der Waals surface area contributed by atoms with Crippen LogP contribution in [-0.2, 0) is 9.47 Å². The average molecular weight is 430 g/mol. The van der Waals surface area contributed by atoms with E-state index in [4.69, 9.17) is 18.9 Å². The number of hydrogen-bond donors (Lipinski definition) is 0. The van der Waals surface area contributed by atoms with E-state index in [1.807, 2.05) is 0 Å². The van der Waals surface area contributed by atoms with Gasteiger partial charge in [-0.3, -0.25) is 0 Å². The predicted molar refractivity (Wildman–Crippen MR) is 93.1 cm³/mol. The van der Waals surface area contributed by atoms with Crippen LogP contribution in [0.2, 0.25) is 0 Å². The molecule has 2 aliphatic heterocycles. The summed E-state index contributed by atoms with van der Waals surface area (Å²) in [6.07, 6.45) is 2.91. The number of fused-ring (bicyclic) bond motifs is 2. The Balaban J connectivity index is 0.00000243. The number of nitrogens with zero attached hydrogens (tertiary/aromatic N) is 1. The van der Waals surface area contributed by atoms with Crippen LogP contribution in [0.4, 0.5) is 0 Å². The summed E-state index contributed by atoms with van der Waals surface area (Å²) in [5.74, 6) is 0.807. The quantitative estimate of drug-likeness (QED) is 0.455. The average Bonchev–Trinajstić information content (AvgIpc) is 2.76. The van der Waals surface area contributed by atoms with Crippen LogP contribution in [-0.4, -0.2) is 70.2 Å². The molecular weight excluding hydrogens is 402 g/mol. The largest absolute Gasteiger partial charge is 1.00 e. The number of piperidine rings is 1. The Morgan fingerprint density at radius 3 is 2.35 bits per heavy atom. The molecule has 0 aromatic heterocycles. The maximum Gasteiger partial charge on any atom is 0.338 e. The van der Waals surface area contributed by atoms with Gasteiger partial charge in [-0.1, -0.05) is 0 Å². The Bertz CT molecular complexity index is 651. The maximum atomic E-state index is 12.6. The number of quaternary nitrogens is 1. The first kappa shape index (κ1) is 21.0. The molecule has 0 spiro atoms. The number of likely N-dealkylation sites (N-methyl/N-ethyl adjacent to an activating group) is 1. The summed E-state index contributed by atoms with van der Waals surface area (Å²) in [6, 6.07) is 5.93. The van der Waals surface area contributed by atoms with Crippen LogP contribution in [0.15, 0.2) is 18.2 Å². The lowest BCUT2D eigenvalue weighted by atomic mass is 9.97. The lowest BCUT2D eigenvalue weighted by molar-refractivity contribution is -0.932. The van der Waals surface area contributed by atoms with E-state index in [1.54, 1.807) is 39.5 Å². The minimum absolute atomic E-state index is 0. The summed E-state index contributed by atoms with van der Waals surface area (Å²) in [7, 11) is 9.40. The van der Waals surface area contributed by atoms with Crippen LogP contribution in [0.3, 0.4) is 0 Å². The zero-order chi connectivity index (χ0) is 18.2. The molecule has 4 atom stereocenters. The number of hydrogen-bond acceptors (Lipinski definition) is 5. The van der Waals surface area contributed by atoms with Gasteiger partial charge in [0.1, 0.15) is 18.2 Å². The Hall–Kier alpha value is -1.31. The van der Waals surface area contributed by atoms with Crippen molar-refractivity contribution in [1.82, 2.24) is 0 Å². The molecule has 1 aromatic carbocycles. The van der Waals surface area contributed by atoms with Crippen molar-refractivity contribution in [1.29, 1.82) is 0 Å². The second-order valence-corrected chi connectivity index (χ2v) is 7.43. The SMILES string of the molecule is COc1ccc(C(=O)O[C@H]2C[C@@H]3CC(OC)[C@H](C2)[N+]3(C)C)cc1OC.[Br-]. The van der Waals surface area contributed by atoms with E-state index in [9.17, 15) is 4.79 Å². The lowest BCUT2D eigenvalue weighted by Gasteiger charge is -2.44. The minimum atomic E-state index is -0.313. The van der Waals surface area contributed by atoms with Gasteiger partial charge in [0.15, 0.2) is 11.5 Å². The molecule has 2 saturated heterocycles. The molecular formula is C19H28BrNO5. The van der Waals surface area contributed by atoms with Crippen molar-refractivity contribution in [3.8, 4) is 11.5 Å². The molecule has 2 heterocycles. The molecule has 0 aliphatic carbocycles. The standard InChI is InChI=1S/C19H28NO5.BrH/c1-20(2)13-9-14(11-15(20)17(10-13)23-4)25-19(21)12-6-7-16(22-3)18(8-12)24-5;/h6-8,13-15,17H,9-11H2,1-5H3;1H/q+1;/p-1/t13-,14+,15+,17?;/m1./s1. The Kier molecular flexibility index (Phi) is 6.58. The van der Waals surface area contributed by atoms with Gasteiger partial charge in [0, 0.05) is 26.4 Å². The van der Waals surface area contributed by atoms with Gasteiger partial charge in [-0.2, -0.15) is 0 Å². The molecule has 2 bridgehead atoms. The summed E-state index contributed by atoms with van der Waals surface area (Å²) in [5.41, 5.74) is 0.479. The smallest absolute Gasteiger partial charge is 0.338 e. The van der Waals surface area contributed by atoms with Crippen molar-refractivity contribution >= 4 is 5.97 Å². The van der Waals surface area contributed by atoms with E-state index in [0.29, 0.717) is 29.1 Å². The van der Waals surface area contributed by atoms with E-state index in [0.717, 1.165) is 23.7 Å². The molecule has 2 fully saturated rings. The first-order valence-corrected chi connectivity index (χ1v) is 8.69. The Morgan fingerprint density at radius 1 is 1.04 bits per heavy atom. The van der Waals surface area contributed by atoms with Crippen LogP contribution in [0.25, 0.3) is 0 Å². The summed E-state index contributed by atoms with van der Waals surface area (Å²) >= 11 is 0. The summed E-state index contributed by atoms with van der Waals surface area (Å²) in [6.45, 7) is 0. The number of benzene rings is 1. The molecule has 0 saturated carbocycles. The third-order valence-corrected chi connectivity index (χ3v) is 5.96. The number of ether oxygens (including phenoxy) is 4. The molecule has 3 rings (SSSR count). The van der Waals surface area contributed by atoms with E-state index in [-0.39, 0.29) is 35.2 Å². The fourth-order valence-electron chi connectivity index (χ4n) is 4.39. The van der Waals surface area contributed by atoms with Crippen LogP contribution in [0.1, 0.15) is 29.6 Å². The van der Waals surface area contributed by atoms with Gasteiger partial charge >= 0.3 is 5.97 Å². The number of halogens is 1. The molecule has 26 heavy (non-hydrogen) atoms. The van der Waals surface area contributed by atoms with Crippen molar-refractivity contribution in [2.45, 2.75) is 43.6 Å². The van der Waals surface area contributed by atoms with Gasteiger partial charge in [0.25, 0.3) is 0 Å². The summed E-state index contributed by atoms with van der Waals surface area (Å²) in [4.78, 5) is 12.6. The number of methoxy groups -OCH3 is 3. The van der Waals surface area contributed by atoms with E-state index in [1.165, 1.54) is 0 Å². The van der Waals surface area contributed by atoms with Crippen molar-refractivity contribution < 1.29 is 45.2 Å². The number of rotatable bonds is 5. The molecule has 0 radical (unpaired) electrons. The predicted octanol–water partition coefficient (Wildman–Crippen LogP) is -0.741. The zero-order valence-electron chi connectivity index (χ0n) is 16.0. The first-order valence-electron chi connectivity index (χ1n) is 8.69. The second-order valence-electron chi connectivity index (χ2n) is 7.43. The van der Waals surface area contributed by atoms with Gasteiger partial charge in [-0.15, -0.1) is 0 Å². The van der Waals surface area contributed by atoms with E-state index >= 15 is 0 Å². The first-order chi connectivity index (χ1) is 11.9. The van der Waals surface area contributed by atoms with Crippen molar-refractivity contribution in [3.05, 3.63) is 23.8 Å². The third kappa shape index (κ3) is 3.70. The van der Waals surface area contributed by atoms with Gasteiger partial charge in [0.2, 0.25) is 0 Å².